The third-order valence-corrected chi connectivity index (χ3v) is 10.5. The van der Waals surface area contributed by atoms with Crippen LogP contribution in [0.4, 0.5) is 0 Å². The van der Waals surface area contributed by atoms with Crippen LogP contribution < -0.4 is 0 Å². The van der Waals surface area contributed by atoms with Crippen LogP contribution in [-0.4, -0.2) is 9.55 Å². The van der Waals surface area contributed by atoms with Gasteiger partial charge in [0.15, 0.2) is 0 Å². The lowest BCUT2D eigenvalue weighted by molar-refractivity contribution is 0.769. The molecular weight excluding hydrogens is 605 g/mol. The monoisotopic (exact) mass is 636 g/mol. The van der Waals surface area contributed by atoms with Gasteiger partial charge in [-0.25, -0.2) is 4.98 Å². The molecule has 0 unspecified atom stereocenters. The number of pyridine rings is 1. The number of benzene rings is 7. The maximum absolute atomic E-state index is 5.20. The molecule has 50 heavy (non-hydrogen) atoms. The predicted octanol–water partition coefficient (Wildman–Crippen LogP) is 11.9. The lowest BCUT2D eigenvalue weighted by atomic mass is 9.67. The molecule has 1 aliphatic rings. The van der Waals surface area contributed by atoms with Crippen LogP contribution in [0.2, 0.25) is 0 Å². The zero-order chi connectivity index (χ0) is 33.1. The minimum absolute atomic E-state index is 0.455. The van der Waals surface area contributed by atoms with Gasteiger partial charge in [0.1, 0.15) is 0 Å². The van der Waals surface area contributed by atoms with E-state index in [4.69, 9.17) is 4.98 Å². The summed E-state index contributed by atoms with van der Waals surface area (Å²) >= 11 is 0. The van der Waals surface area contributed by atoms with Crippen LogP contribution in [0, 0.1) is 0 Å². The molecule has 234 valence electrons. The van der Waals surface area contributed by atoms with Crippen molar-refractivity contribution >= 4 is 21.8 Å². The van der Waals surface area contributed by atoms with E-state index in [2.05, 4.69) is 199 Å². The van der Waals surface area contributed by atoms with Crippen LogP contribution in [0.15, 0.2) is 194 Å². The van der Waals surface area contributed by atoms with E-state index in [0.29, 0.717) is 0 Å². The molecule has 2 heteroatoms. The van der Waals surface area contributed by atoms with Crippen LogP contribution in [0.25, 0.3) is 61.1 Å². The van der Waals surface area contributed by atoms with Crippen molar-refractivity contribution in [1.29, 1.82) is 0 Å². The van der Waals surface area contributed by atoms with Crippen molar-refractivity contribution in [3.63, 3.8) is 0 Å². The van der Waals surface area contributed by atoms with E-state index in [9.17, 15) is 0 Å². The fraction of sp³-hybridized carbons (Fsp3) is 0.0208. The van der Waals surface area contributed by atoms with Gasteiger partial charge >= 0.3 is 0 Å². The molecule has 0 fully saturated rings. The average molecular weight is 637 g/mol. The zero-order valence-electron chi connectivity index (χ0n) is 27.4. The normalized spacial score (nSPS) is 13.0. The van der Waals surface area contributed by atoms with Crippen molar-refractivity contribution in [2.45, 2.75) is 5.41 Å². The minimum atomic E-state index is -0.455. The van der Waals surface area contributed by atoms with Crippen LogP contribution in [0.5, 0.6) is 0 Å². The standard InChI is InChI=1S/C48H32N2/c1-5-17-33(18-6-1)44-29-37(30-45(49-44)34-19-7-2-8-20-34)50-46-28-16-14-26-39(46)41-31-43-40(32-47(41)50)38-25-13-15-27-42(38)48(43,35-21-9-3-10-22-35)36-23-11-4-12-24-36/h1-32H. The highest BCUT2D eigenvalue weighted by molar-refractivity contribution is 6.12. The number of nitrogens with zero attached hydrogens (tertiary/aromatic N) is 2. The molecule has 1 aliphatic carbocycles. The molecule has 0 spiro atoms. The molecule has 0 radical (unpaired) electrons. The highest BCUT2D eigenvalue weighted by atomic mass is 15.0. The van der Waals surface area contributed by atoms with E-state index in [1.54, 1.807) is 0 Å². The first-order chi connectivity index (χ1) is 24.8. The number of fused-ring (bicyclic) bond motifs is 6. The Balaban J connectivity index is 1.32. The summed E-state index contributed by atoms with van der Waals surface area (Å²) in [6.07, 6.45) is 0. The van der Waals surface area contributed by atoms with Gasteiger partial charge in [0, 0.05) is 21.9 Å². The number of hydrogen-bond donors (Lipinski definition) is 0. The van der Waals surface area contributed by atoms with Gasteiger partial charge in [-0.15, -0.1) is 0 Å². The van der Waals surface area contributed by atoms with Crippen LogP contribution in [0.3, 0.4) is 0 Å². The molecule has 0 aliphatic heterocycles. The van der Waals surface area contributed by atoms with Gasteiger partial charge in [0.2, 0.25) is 0 Å². The predicted molar refractivity (Wildman–Crippen MR) is 207 cm³/mol. The van der Waals surface area contributed by atoms with Crippen LogP contribution in [-0.2, 0) is 5.41 Å². The Morgan fingerprint density at radius 3 is 1.52 bits per heavy atom. The fourth-order valence-electron chi connectivity index (χ4n) is 8.34. The summed E-state index contributed by atoms with van der Waals surface area (Å²) < 4.78 is 2.44. The second-order valence-electron chi connectivity index (χ2n) is 13.1. The van der Waals surface area contributed by atoms with Crippen molar-refractivity contribution in [3.05, 3.63) is 216 Å². The first-order valence-corrected chi connectivity index (χ1v) is 17.2. The minimum Gasteiger partial charge on any atom is -0.309 e. The lowest BCUT2D eigenvalue weighted by Crippen LogP contribution is -2.28. The Morgan fingerprint density at radius 1 is 0.380 bits per heavy atom. The Labute approximate surface area is 291 Å². The van der Waals surface area contributed by atoms with Crippen molar-refractivity contribution in [2.75, 3.05) is 0 Å². The van der Waals surface area contributed by atoms with Gasteiger partial charge < -0.3 is 4.57 Å². The molecule has 0 N–H and O–H groups in total. The first-order valence-electron chi connectivity index (χ1n) is 17.2. The van der Waals surface area contributed by atoms with E-state index in [0.717, 1.165) is 28.2 Å². The van der Waals surface area contributed by atoms with Gasteiger partial charge in [0.25, 0.3) is 0 Å². The van der Waals surface area contributed by atoms with E-state index < -0.39 is 5.41 Å². The number of rotatable bonds is 5. The number of para-hydroxylation sites is 1. The molecule has 2 heterocycles. The Bertz CT molecular complexity index is 2580. The van der Waals surface area contributed by atoms with Gasteiger partial charge in [-0.05, 0) is 63.7 Å². The summed E-state index contributed by atoms with van der Waals surface area (Å²) in [5, 5.41) is 2.47. The van der Waals surface area contributed by atoms with E-state index in [-0.39, 0.29) is 0 Å². The number of aromatic nitrogens is 2. The maximum atomic E-state index is 5.20. The largest absolute Gasteiger partial charge is 0.309 e. The summed E-state index contributed by atoms with van der Waals surface area (Å²) in [5.74, 6) is 0. The third kappa shape index (κ3) is 4.18. The van der Waals surface area contributed by atoms with Gasteiger partial charge in [0.05, 0.1) is 33.5 Å². The maximum Gasteiger partial charge on any atom is 0.0730 e. The molecule has 7 aromatic carbocycles. The summed E-state index contributed by atoms with van der Waals surface area (Å²) in [4.78, 5) is 5.20. The van der Waals surface area contributed by atoms with Crippen molar-refractivity contribution in [1.82, 2.24) is 9.55 Å². The quantitative estimate of drug-likeness (QED) is 0.184. The molecule has 0 amide bonds. The molecular formula is C48H32N2. The molecule has 0 bridgehead atoms. The van der Waals surface area contributed by atoms with Gasteiger partial charge in [-0.3, -0.25) is 0 Å². The van der Waals surface area contributed by atoms with Gasteiger partial charge in [-0.2, -0.15) is 0 Å². The highest BCUT2D eigenvalue weighted by Crippen LogP contribution is 2.57. The van der Waals surface area contributed by atoms with E-state index >= 15 is 0 Å². The Morgan fingerprint density at radius 2 is 0.900 bits per heavy atom. The first kappa shape index (κ1) is 28.5. The number of hydrogen-bond acceptors (Lipinski definition) is 1. The molecule has 0 saturated heterocycles. The molecule has 9 aromatic rings. The topological polar surface area (TPSA) is 17.8 Å². The lowest BCUT2D eigenvalue weighted by Gasteiger charge is -2.34. The average Bonchev–Trinajstić information content (AvgIpc) is 3.68. The van der Waals surface area contributed by atoms with Crippen molar-refractivity contribution in [2.24, 2.45) is 0 Å². The molecule has 2 nitrogen and oxygen atoms in total. The molecule has 0 atom stereocenters. The third-order valence-electron chi connectivity index (χ3n) is 10.5. The summed E-state index contributed by atoms with van der Waals surface area (Å²) in [5.41, 5.74) is 14.8. The molecule has 0 saturated carbocycles. The van der Waals surface area contributed by atoms with Gasteiger partial charge in [-0.1, -0.05) is 164 Å². The van der Waals surface area contributed by atoms with Crippen LogP contribution >= 0.6 is 0 Å². The molecule has 2 aromatic heterocycles. The second-order valence-corrected chi connectivity index (χ2v) is 13.1. The fourth-order valence-corrected chi connectivity index (χ4v) is 8.34. The van der Waals surface area contributed by atoms with Crippen molar-refractivity contribution < 1.29 is 0 Å². The Hall–Kier alpha value is -6.51. The second kappa shape index (κ2) is 11.3. The van der Waals surface area contributed by atoms with Crippen molar-refractivity contribution in [3.8, 4) is 39.3 Å². The van der Waals surface area contributed by atoms with Crippen LogP contribution in [0.1, 0.15) is 22.3 Å². The summed E-state index contributed by atoms with van der Waals surface area (Å²) in [6, 6.07) is 70.3. The smallest absolute Gasteiger partial charge is 0.0730 e. The summed E-state index contributed by atoms with van der Waals surface area (Å²) in [6.45, 7) is 0. The van der Waals surface area contributed by atoms with E-state index in [1.807, 2.05) is 0 Å². The zero-order valence-corrected chi connectivity index (χ0v) is 27.4. The highest BCUT2D eigenvalue weighted by Gasteiger charge is 2.46. The summed E-state index contributed by atoms with van der Waals surface area (Å²) in [7, 11) is 0. The molecule has 10 rings (SSSR count). The SMILES string of the molecule is c1ccc(-c2cc(-n3c4ccccc4c4cc5c(cc43)-c3ccccc3C5(c3ccccc3)c3ccccc3)cc(-c3ccccc3)n2)cc1. The Kier molecular flexibility index (Phi) is 6.43. The van der Waals surface area contributed by atoms with E-state index in [1.165, 1.54) is 55.2 Å².